The Hall–Kier alpha value is -3.23. The summed E-state index contributed by atoms with van der Waals surface area (Å²) in [5, 5.41) is 0.719. The number of benzene rings is 2. The molecule has 2 heterocycles. The van der Waals surface area contributed by atoms with Crippen molar-refractivity contribution >= 4 is 36.5 Å². The van der Waals surface area contributed by atoms with E-state index in [-0.39, 0.29) is 15.5 Å². The first-order chi connectivity index (χ1) is 17.8. The van der Waals surface area contributed by atoms with E-state index in [0.29, 0.717) is 23.7 Å². The molecule has 0 spiro atoms. The van der Waals surface area contributed by atoms with Crippen LogP contribution in [0.2, 0.25) is 0 Å². The highest BCUT2D eigenvalue weighted by Gasteiger charge is 2.27. The zero-order valence-electron chi connectivity index (χ0n) is 20.7. The fourth-order valence-electron chi connectivity index (χ4n) is 5.06. The van der Waals surface area contributed by atoms with E-state index in [2.05, 4.69) is 11.1 Å². The van der Waals surface area contributed by atoms with Gasteiger partial charge in [0.05, 0.1) is 21.2 Å². The fourth-order valence-corrected chi connectivity index (χ4v) is 7.88. The van der Waals surface area contributed by atoms with Crippen LogP contribution in [-0.2, 0) is 19.9 Å². The molecule has 0 amide bonds. The molecule has 0 bridgehead atoms. The second-order valence-electron chi connectivity index (χ2n) is 9.50. The van der Waals surface area contributed by atoms with Crippen LogP contribution in [0.15, 0.2) is 94.9 Å². The number of fused-ring (bicyclic) bond motifs is 1. The Kier molecular flexibility index (Phi) is 7.05. The molecule has 5 rings (SSSR count). The number of nitrogens with zero attached hydrogens (tertiary/aromatic N) is 2. The molecule has 37 heavy (non-hydrogen) atoms. The van der Waals surface area contributed by atoms with Crippen molar-refractivity contribution in [1.29, 1.82) is 0 Å². The van der Waals surface area contributed by atoms with E-state index in [4.69, 9.17) is 0 Å². The Labute approximate surface area is 218 Å². The first-order valence-electron chi connectivity index (χ1n) is 12.6. The molecule has 2 aromatic carbocycles. The van der Waals surface area contributed by atoms with Crippen LogP contribution in [-0.4, -0.2) is 31.5 Å². The zero-order chi connectivity index (χ0) is 26.0. The van der Waals surface area contributed by atoms with Crippen LogP contribution in [0.5, 0.6) is 0 Å². The molecule has 0 atom stereocenters. The average Bonchev–Trinajstić information content (AvgIpc) is 3.56. The van der Waals surface area contributed by atoms with E-state index in [0.717, 1.165) is 42.2 Å². The third-order valence-corrected chi connectivity index (χ3v) is 10.5. The first-order valence-corrected chi connectivity index (χ1v) is 15.7. The van der Waals surface area contributed by atoms with Crippen LogP contribution in [0.1, 0.15) is 50.3 Å². The molecule has 0 aliphatic heterocycles. The topological polar surface area (TPSA) is 86.1 Å². The molecule has 6 nitrogen and oxygen atoms in total. The van der Waals surface area contributed by atoms with E-state index in [9.17, 15) is 16.8 Å². The van der Waals surface area contributed by atoms with Crippen molar-refractivity contribution in [2.45, 2.75) is 48.8 Å². The summed E-state index contributed by atoms with van der Waals surface area (Å²) in [6, 6.07) is 20.7. The Balaban J connectivity index is 1.73. The molecule has 0 unspecified atom stereocenters. The van der Waals surface area contributed by atoms with E-state index >= 15 is 0 Å². The van der Waals surface area contributed by atoms with Crippen molar-refractivity contribution < 1.29 is 16.8 Å². The van der Waals surface area contributed by atoms with Gasteiger partial charge in [-0.25, -0.2) is 25.8 Å². The third-order valence-electron chi connectivity index (χ3n) is 6.88. The van der Waals surface area contributed by atoms with Gasteiger partial charge in [0.2, 0.25) is 0 Å². The molecule has 192 valence electrons. The van der Waals surface area contributed by atoms with Crippen molar-refractivity contribution in [1.82, 2.24) is 8.96 Å². The lowest BCUT2D eigenvalue weighted by molar-refractivity contribution is 0.588. The lowest BCUT2D eigenvalue weighted by Gasteiger charge is -2.16. The Bertz CT molecular complexity index is 1650. The maximum Gasteiger partial charge on any atom is 0.269 e. The van der Waals surface area contributed by atoms with Gasteiger partial charge in [0.1, 0.15) is 0 Å². The number of rotatable bonds is 8. The van der Waals surface area contributed by atoms with Gasteiger partial charge in [0.15, 0.2) is 15.5 Å². The first kappa shape index (κ1) is 25.4. The van der Waals surface area contributed by atoms with Gasteiger partial charge in [-0.05, 0) is 73.2 Å². The van der Waals surface area contributed by atoms with Gasteiger partial charge in [-0.3, -0.25) is 0 Å². The van der Waals surface area contributed by atoms with Gasteiger partial charge in [-0.1, -0.05) is 56.2 Å². The van der Waals surface area contributed by atoms with Gasteiger partial charge < -0.3 is 0 Å². The number of pyridine rings is 1. The average molecular weight is 535 g/mol. The summed E-state index contributed by atoms with van der Waals surface area (Å²) in [5.74, 6) is 0.407. The van der Waals surface area contributed by atoms with E-state index in [1.54, 1.807) is 66.9 Å². The maximum absolute atomic E-state index is 14.0. The highest BCUT2D eigenvalue weighted by Crippen LogP contribution is 2.36. The quantitative estimate of drug-likeness (QED) is 0.273. The molecule has 0 radical (unpaired) electrons. The van der Waals surface area contributed by atoms with Gasteiger partial charge in [-0.2, -0.15) is 0 Å². The van der Waals surface area contributed by atoms with Crippen LogP contribution < -0.4 is 0 Å². The SMILES string of the molecule is CCCS(=O)(=O)c1ccc(C(=CC2CCCC2)c2cc3cccnc3n2S(=O)(=O)c2ccccc2)cc1. The minimum atomic E-state index is -3.96. The van der Waals surface area contributed by atoms with E-state index < -0.39 is 19.9 Å². The highest BCUT2D eigenvalue weighted by atomic mass is 32.2. The van der Waals surface area contributed by atoms with E-state index in [1.807, 2.05) is 19.1 Å². The standard InChI is InChI=1S/C29H30N2O4S2/c1-2-19-36(32,33)25-16-14-23(15-17-25)27(20-22-9-6-7-10-22)28-21-24-11-8-18-30-29(24)31(28)37(34,35)26-12-4-3-5-13-26/h3-5,8,11-18,20-22H,2,6-7,9-10,19H2,1H3. The van der Waals surface area contributed by atoms with Gasteiger partial charge in [-0.15, -0.1) is 0 Å². The fraction of sp³-hybridized carbons (Fsp3) is 0.276. The van der Waals surface area contributed by atoms with Crippen molar-refractivity contribution in [3.63, 3.8) is 0 Å². The molecule has 1 aliphatic carbocycles. The highest BCUT2D eigenvalue weighted by molar-refractivity contribution is 7.91. The molecular formula is C29H30N2O4S2. The van der Waals surface area contributed by atoms with Gasteiger partial charge >= 0.3 is 0 Å². The Morgan fingerprint density at radius 1 is 0.919 bits per heavy atom. The number of hydrogen-bond acceptors (Lipinski definition) is 5. The number of allylic oxidation sites excluding steroid dienone is 1. The molecule has 1 aliphatic rings. The second-order valence-corrected chi connectivity index (χ2v) is 13.4. The molecule has 1 saturated carbocycles. The summed E-state index contributed by atoms with van der Waals surface area (Å²) in [4.78, 5) is 4.90. The molecule has 1 fully saturated rings. The van der Waals surface area contributed by atoms with Crippen LogP contribution in [0.3, 0.4) is 0 Å². The maximum atomic E-state index is 14.0. The summed E-state index contributed by atoms with van der Waals surface area (Å²) in [6.45, 7) is 1.84. The lowest BCUT2D eigenvalue weighted by Crippen LogP contribution is -2.16. The largest absolute Gasteiger partial charge is 0.269 e. The lowest BCUT2D eigenvalue weighted by atomic mass is 9.96. The smallest absolute Gasteiger partial charge is 0.237 e. The predicted octanol–water partition coefficient (Wildman–Crippen LogP) is 6.08. The molecular weight excluding hydrogens is 504 g/mol. The molecule has 4 aromatic rings. The minimum Gasteiger partial charge on any atom is -0.237 e. The van der Waals surface area contributed by atoms with Crippen molar-refractivity contribution in [3.8, 4) is 0 Å². The Morgan fingerprint density at radius 3 is 2.30 bits per heavy atom. The normalized spacial score (nSPS) is 15.4. The summed E-state index contributed by atoms with van der Waals surface area (Å²) in [5.41, 5.74) is 2.42. The second kappa shape index (κ2) is 10.3. The van der Waals surface area contributed by atoms with E-state index in [1.165, 1.54) is 3.97 Å². The number of hydrogen-bond donors (Lipinski definition) is 0. The predicted molar refractivity (Wildman–Crippen MR) is 147 cm³/mol. The van der Waals surface area contributed by atoms with Gasteiger partial charge in [0, 0.05) is 17.2 Å². The number of sulfone groups is 1. The van der Waals surface area contributed by atoms with Crippen LogP contribution in [0, 0.1) is 5.92 Å². The Morgan fingerprint density at radius 2 is 1.62 bits per heavy atom. The molecule has 0 saturated heterocycles. The number of aromatic nitrogens is 2. The minimum absolute atomic E-state index is 0.0896. The summed E-state index contributed by atoms with van der Waals surface area (Å²) in [6.07, 6.45) is 8.64. The molecule has 2 aromatic heterocycles. The van der Waals surface area contributed by atoms with Gasteiger partial charge in [0.25, 0.3) is 10.0 Å². The molecule has 0 N–H and O–H groups in total. The third kappa shape index (κ3) is 5.00. The monoisotopic (exact) mass is 534 g/mol. The van der Waals surface area contributed by atoms with Crippen LogP contribution in [0.4, 0.5) is 0 Å². The summed E-state index contributed by atoms with van der Waals surface area (Å²) < 4.78 is 54.5. The van der Waals surface area contributed by atoms with Crippen molar-refractivity contribution in [3.05, 3.63) is 96.3 Å². The van der Waals surface area contributed by atoms with Crippen molar-refractivity contribution in [2.75, 3.05) is 5.75 Å². The summed E-state index contributed by atoms with van der Waals surface area (Å²) in [7, 11) is -7.32. The van der Waals surface area contributed by atoms with Crippen LogP contribution >= 0.6 is 0 Å². The zero-order valence-corrected chi connectivity index (χ0v) is 22.4. The molecule has 8 heteroatoms. The summed E-state index contributed by atoms with van der Waals surface area (Å²) >= 11 is 0. The van der Waals surface area contributed by atoms with Crippen molar-refractivity contribution in [2.24, 2.45) is 5.92 Å². The van der Waals surface area contributed by atoms with Crippen LogP contribution in [0.25, 0.3) is 16.6 Å².